The zero-order valence-electron chi connectivity index (χ0n) is 13.7. The summed E-state index contributed by atoms with van der Waals surface area (Å²) in [6.45, 7) is 10.5. The van der Waals surface area contributed by atoms with Crippen molar-refractivity contribution in [2.75, 3.05) is 33.3 Å². The van der Waals surface area contributed by atoms with Gasteiger partial charge >= 0.3 is 0 Å². The van der Waals surface area contributed by atoms with E-state index in [1.807, 2.05) is 14.0 Å². The first-order valence-electron chi connectivity index (χ1n) is 7.91. The van der Waals surface area contributed by atoms with Gasteiger partial charge in [-0.2, -0.15) is 5.26 Å². The second-order valence-electron chi connectivity index (χ2n) is 6.51. The number of piperidine rings is 1. The molecule has 0 aromatic rings. The van der Waals surface area contributed by atoms with Crippen molar-refractivity contribution in [2.45, 2.75) is 64.0 Å². The molecule has 1 saturated heterocycles. The maximum atomic E-state index is 9.32. The van der Waals surface area contributed by atoms with Gasteiger partial charge in [0.15, 0.2) is 0 Å². The summed E-state index contributed by atoms with van der Waals surface area (Å²) in [6.07, 6.45) is 5.38. The summed E-state index contributed by atoms with van der Waals surface area (Å²) >= 11 is 0. The number of hydrogen-bond donors (Lipinski definition) is 1. The van der Waals surface area contributed by atoms with Crippen molar-refractivity contribution in [3.05, 3.63) is 0 Å². The predicted molar refractivity (Wildman–Crippen MR) is 82.6 cm³/mol. The highest BCUT2D eigenvalue weighted by Crippen LogP contribution is 2.24. The number of methoxy groups -OCH3 is 1. The van der Waals surface area contributed by atoms with E-state index in [4.69, 9.17) is 4.74 Å². The lowest BCUT2D eigenvalue weighted by atomic mass is 9.93. The summed E-state index contributed by atoms with van der Waals surface area (Å²) in [4.78, 5) is 2.48. The Kier molecular flexibility index (Phi) is 6.94. The molecule has 2 atom stereocenters. The first-order valence-corrected chi connectivity index (χ1v) is 7.91. The van der Waals surface area contributed by atoms with Crippen LogP contribution in [0.2, 0.25) is 0 Å². The highest BCUT2D eigenvalue weighted by Gasteiger charge is 2.31. The number of rotatable bonds is 8. The maximum Gasteiger partial charge on any atom is 0.103 e. The Morgan fingerprint density at radius 2 is 2.25 bits per heavy atom. The van der Waals surface area contributed by atoms with E-state index in [1.165, 1.54) is 6.42 Å². The van der Waals surface area contributed by atoms with E-state index in [-0.39, 0.29) is 11.1 Å². The molecule has 4 heteroatoms. The topological polar surface area (TPSA) is 48.3 Å². The van der Waals surface area contributed by atoms with Gasteiger partial charge in [-0.15, -0.1) is 0 Å². The summed E-state index contributed by atoms with van der Waals surface area (Å²) in [5.41, 5.74) is -0.367. The molecule has 0 aromatic carbocycles. The monoisotopic (exact) mass is 281 g/mol. The molecular weight excluding hydrogens is 250 g/mol. The van der Waals surface area contributed by atoms with E-state index in [0.717, 1.165) is 51.9 Å². The minimum absolute atomic E-state index is 0.0112. The van der Waals surface area contributed by atoms with Gasteiger partial charge in [0.2, 0.25) is 0 Å². The molecule has 0 amide bonds. The zero-order valence-corrected chi connectivity index (χ0v) is 13.7. The Balaban J connectivity index is 2.34. The van der Waals surface area contributed by atoms with Gasteiger partial charge in [0.25, 0.3) is 0 Å². The van der Waals surface area contributed by atoms with E-state index in [1.54, 1.807) is 0 Å². The lowest BCUT2D eigenvalue weighted by molar-refractivity contribution is -0.0509. The quantitative estimate of drug-likeness (QED) is 0.743. The molecular formula is C16H31N3O. The molecule has 0 radical (unpaired) electrons. The molecule has 0 spiro atoms. The molecule has 0 saturated carbocycles. The van der Waals surface area contributed by atoms with E-state index in [2.05, 4.69) is 30.1 Å². The van der Waals surface area contributed by atoms with Gasteiger partial charge in [0.05, 0.1) is 11.7 Å². The average Bonchev–Trinajstić information content (AvgIpc) is 2.45. The standard InChI is InChI=1S/C16H31N3O/c1-5-10-18-15(2,13-17)8-6-11-19-12-7-9-16(3,14-19)20-4/h18H,5-12,14H2,1-4H3. The van der Waals surface area contributed by atoms with Gasteiger partial charge in [0.1, 0.15) is 5.54 Å². The maximum absolute atomic E-state index is 9.32. The highest BCUT2D eigenvalue weighted by atomic mass is 16.5. The fourth-order valence-electron chi connectivity index (χ4n) is 2.91. The Morgan fingerprint density at radius 3 is 2.85 bits per heavy atom. The lowest BCUT2D eigenvalue weighted by Crippen LogP contribution is -2.48. The van der Waals surface area contributed by atoms with Crippen molar-refractivity contribution in [1.82, 2.24) is 10.2 Å². The summed E-state index contributed by atoms with van der Waals surface area (Å²) in [5.74, 6) is 0. The lowest BCUT2D eigenvalue weighted by Gasteiger charge is -2.39. The zero-order chi connectivity index (χ0) is 15.1. The van der Waals surface area contributed by atoms with Crippen LogP contribution in [-0.4, -0.2) is 49.3 Å². The molecule has 2 unspecified atom stereocenters. The third kappa shape index (κ3) is 5.40. The third-order valence-electron chi connectivity index (χ3n) is 4.39. The van der Waals surface area contributed by atoms with Crippen molar-refractivity contribution in [3.8, 4) is 6.07 Å². The van der Waals surface area contributed by atoms with Crippen LogP contribution in [0.1, 0.15) is 52.9 Å². The SMILES string of the molecule is CCCNC(C)(C#N)CCCN1CCCC(C)(OC)C1. The van der Waals surface area contributed by atoms with Crippen molar-refractivity contribution < 1.29 is 4.74 Å². The number of ether oxygens (including phenoxy) is 1. The normalized spacial score (nSPS) is 26.9. The van der Waals surface area contributed by atoms with Crippen LogP contribution in [0.15, 0.2) is 0 Å². The van der Waals surface area contributed by atoms with E-state index in [9.17, 15) is 5.26 Å². The number of likely N-dealkylation sites (tertiary alicyclic amines) is 1. The molecule has 0 bridgehead atoms. The number of hydrogen-bond acceptors (Lipinski definition) is 4. The Bertz CT molecular complexity index is 328. The van der Waals surface area contributed by atoms with Gasteiger partial charge in [-0.25, -0.2) is 0 Å². The highest BCUT2D eigenvalue weighted by molar-refractivity contribution is 5.03. The van der Waals surface area contributed by atoms with Crippen LogP contribution in [0.3, 0.4) is 0 Å². The molecule has 1 N–H and O–H groups in total. The molecule has 116 valence electrons. The molecule has 4 nitrogen and oxygen atoms in total. The summed E-state index contributed by atoms with van der Waals surface area (Å²) in [6, 6.07) is 2.42. The summed E-state index contributed by atoms with van der Waals surface area (Å²) in [7, 11) is 1.81. The molecule has 1 aliphatic heterocycles. The van der Waals surface area contributed by atoms with Gasteiger partial charge in [0, 0.05) is 13.7 Å². The van der Waals surface area contributed by atoms with Gasteiger partial charge < -0.3 is 9.64 Å². The van der Waals surface area contributed by atoms with Gasteiger partial charge in [-0.1, -0.05) is 6.92 Å². The van der Waals surface area contributed by atoms with Crippen LogP contribution >= 0.6 is 0 Å². The molecule has 1 rings (SSSR count). The van der Waals surface area contributed by atoms with E-state index < -0.39 is 0 Å². The molecule has 1 heterocycles. The fourth-order valence-corrected chi connectivity index (χ4v) is 2.91. The smallest absolute Gasteiger partial charge is 0.103 e. The number of nitrogens with one attached hydrogen (secondary N) is 1. The second-order valence-corrected chi connectivity index (χ2v) is 6.51. The van der Waals surface area contributed by atoms with Gasteiger partial charge in [-0.05, 0) is 65.6 Å². The van der Waals surface area contributed by atoms with E-state index in [0.29, 0.717) is 0 Å². The second kappa shape index (κ2) is 7.97. The molecule has 0 aliphatic carbocycles. The molecule has 20 heavy (non-hydrogen) atoms. The van der Waals surface area contributed by atoms with Crippen LogP contribution in [0.4, 0.5) is 0 Å². The predicted octanol–water partition coefficient (Wildman–Crippen LogP) is 2.55. The van der Waals surface area contributed by atoms with Crippen LogP contribution in [0.5, 0.6) is 0 Å². The van der Waals surface area contributed by atoms with Crippen LogP contribution < -0.4 is 5.32 Å². The largest absolute Gasteiger partial charge is 0.377 e. The Morgan fingerprint density at radius 1 is 1.50 bits per heavy atom. The van der Waals surface area contributed by atoms with Crippen molar-refractivity contribution >= 4 is 0 Å². The Labute approximate surface area is 124 Å². The van der Waals surface area contributed by atoms with Crippen molar-refractivity contribution in [3.63, 3.8) is 0 Å². The molecule has 1 fully saturated rings. The van der Waals surface area contributed by atoms with Crippen LogP contribution in [0.25, 0.3) is 0 Å². The fraction of sp³-hybridized carbons (Fsp3) is 0.938. The van der Waals surface area contributed by atoms with Crippen molar-refractivity contribution in [1.29, 1.82) is 5.26 Å². The first kappa shape index (κ1) is 17.4. The Hall–Kier alpha value is -0.630. The van der Waals surface area contributed by atoms with Gasteiger partial charge in [-0.3, -0.25) is 5.32 Å². The number of nitrogens with zero attached hydrogens (tertiary/aromatic N) is 2. The molecule has 0 aromatic heterocycles. The summed E-state index contributed by atoms with van der Waals surface area (Å²) in [5, 5.41) is 12.7. The first-order chi connectivity index (χ1) is 9.47. The van der Waals surface area contributed by atoms with Crippen LogP contribution in [-0.2, 0) is 4.74 Å². The summed E-state index contributed by atoms with van der Waals surface area (Å²) < 4.78 is 5.62. The van der Waals surface area contributed by atoms with E-state index >= 15 is 0 Å². The van der Waals surface area contributed by atoms with Crippen molar-refractivity contribution in [2.24, 2.45) is 0 Å². The molecule has 1 aliphatic rings. The average molecular weight is 281 g/mol. The minimum atomic E-state index is -0.379. The number of nitriles is 1. The van der Waals surface area contributed by atoms with Crippen LogP contribution in [0, 0.1) is 11.3 Å². The third-order valence-corrected chi connectivity index (χ3v) is 4.39. The minimum Gasteiger partial charge on any atom is -0.377 e.